The minimum atomic E-state index is -0.972. The van der Waals surface area contributed by atoms with Gasteiger partial charge in [0.05, 0.1) is 6.10 Å². The number of ketones is 1. The average molecular weight is 422 g/mol. The van der Waals surface area contributed by atoms with E-state index in [0.29, 0.717) is 6.54 Å². The number of carbonyl (C=O) groups is 3. The van der Waals surface area contributed by atoms with Gasteiger partial charge in [-0.05, 0) is 53.5 Å². The summed E-state index contributed by atoms with van der Waals surface area (Å²) in [5.41, 5.74) is -0.381. The molecule has 0 heterocycles. The molecule has 1 N–H and O–H groups in total. The number of hydrogen-bond donors (Lipinski definition) is 1. The molecule has 7 heteroatoms. The van der Waals surface area contributed by atoms with Crippen LogP contribution in [-0.2, 0) is 25.6 Å². The van der Waals surface area contributed by atoms with Crippen molar-refractivity contribution >= 4 is 17.8 Å². The average Bonchev–Trinajstić information content (AvgIpc) is 2.55. The van der Waals surface area contributed by atoms with E-state index in [1.54, 1.807) is 41.5 Å². The molecule has 0 aliphatic carbocycles. The predicted octanol–water partition coefficient (Wildman–Crippen LogP) is 3.87. The van der Waals surface area contributed by atoms with E-state index in [2.05, 4.69) is 0 Å². The molecule has 0 aliphatic rings. The summed E-state index contributed by atoms with van der Waals surface area (Å²) in [5, 5.41) is 10.2. The molecule has 1 aromatic rings. The SMILES string of the molecule is CC(C)(C)OC(=O)CC(=O)CC(O)CCN(Cc1ccccc1)C(=O)OC(C)(C)C. The van der Waals surface area contributed by atoms with Gasteiger partial charge in [-0.15, -0.1) is 0 Å². The van der Waals surface area contributed by atoms with E-state index in [1.165, 1.54) is 4.90 Å². The second-order valence-corrected chi connectivity index (χ2v) is 9.34. The first-order chi connectivity index (χ1) is 13.7. The Kier molecular flexibility index (Phi) is 9.49. The van der Waals surface area contributed by atoms with Crippen LogP contribution in [0, 0.1) is 0 Å². The second-order valence-electron chi connectivity index (χ2n) is 9.34. The molecule has 0 saturated heterocycles. The van der Waals surface area contributed by atoms with Crippen molar-refractivity contribution in [1.29, 1.82) is 0 Å². The van der Waals surface area contributed by atoms with Crippen molar-refractivity contribution in [3.8, 4) is 0 Å². The minimum absolute atomic E-state index is 0.174. The fourth-order valence-corrected chi connectivity index (χ4v) is 2.65. The highest BCUT2D eigenvalue weighted by molar-refractivity contribution is 5.95. The largest absolute Gasteiger partial charge is 0.460 e. The van der Waals surface area contributed by atoms with Crippen LogP contribution in [0.3, 0.4) is 0 Å². The molecule has 1 aromatic carbocycles. The summed E-state index contributed by atoms with van der Waals surface area (Å²) in [6.07, 6.45) is -1.83. The number of benzene rings is 1. The molecule has 30 heavy (non-hydrogen) atoms. The van der Waals surface area contributed by atoms with Gasteiger partial charge in [-0.3, -0.25) is 9.59 Å². The van der Waals surface area contributed by atoms with Crippen molar-refractivity contribution in [2.45, 2.75) is 84.7 Å². The summed E-state index contributed by atoms with van der Waals surface area (Å²) in [6.45, 7) is 11.1. The molecule has 0 saturated carbocycles. The van der Waals surface area contributed by atoms with Crippen LogP contribution in [0.4, 0.5) is 4.79 Å². The zero-order chi connectivity index (χ0) is 22.9. The molecule has 0 radical (unpaired) electrons. The van der Waals surface area contributed by atoms with Gasteiger partial charge >= 0.3 is 12.1 Å². The molecule has 1 amide bonds. The second kappa shape index (κ2) is 11.1. The Hall–Kier alpha value is -2.41. The Morgan fingerprint density at radius 1 is 0.967 bits per heavy atom. The standard InChI is InChI=1S/C23H35NO6/c1-22(2,3)29-20(27)15-19(26)14-18(25)12-13-24(21(28)30-23(4,5)6)16-17-10-8-7-9-11-17/h7-11,18,25H,12-16H2,1-6H3. The van der Waals surface area contributed by atoms with E-state index in [1.807, 2.05) is 30.3 Å². The first-order valence-electron chi connectivity index (χ1n) is 10.2. The van der Waals surface area contributed by atoms with E-state index in [9.17, 15) is 19.5 Å². The Bertz CT molecular complexity index is 703. The molecule has 1 unspecified atom stereocenters. The normalized spacial score (nSPS) is 12.8. The summed E-state index contributed by atoms with van der Waals surface area (Å²) in [6, 6.07) is 9.46. The number of aliphatic hydroxyl groups is 1. The maximum Gasteiger partial charge on any atom is 0.410 e. The van der Waals surface area contributed by atoms with Gasteiger partial charge < -0.3 is 19.5 Å². The summed E-state index contributed by atoms with van der Waals surface area (Å²) >= 11 is 0. The van der Waals surface area contributed by atoms with Gasteiger partial charge in [-0.1, -0.05) is 30.3 Å². The Labute approximate surface area is 179 Å². The summed E-state index contributed by atoms with van der Waals surface area (Å²) in [7, 11) is 0. The van der Waals surface area contributed by atoms with Gasteiger partial charge in [-0.2, -0.15) is 0 Å². The van der Waals surface area contributed by atoms with Crippen LogP contribution in [-0.4, -0.2) is 51.7 Å². The van der Waals surface area contributed by atoms with Crippen LogP contribution in [0.2, 0.25) is 0 Å². The highest BCUT2D eigenvalue weighted by atomic mass is 16.6. The Balaban J connectivity index is 2.63. The topological polar surface area (TPSA) is 93.1 Å². The van der Waals surface area contributed by atoms with E-state index >= 15 is 0 Å². The number of esters is 1. The van der Waals surface area contributed by atoms with Crippen molar-refractivity contribution in [2.75, 3.05) is 6.54 Å². The van der Waals surface area contributed by atoms with E-state index < -0.39 is 35.2 Å². The molecule has 168 valence electrons. The molecule has 0 aromatic heterocycles. The fourth-order valence-electron chi connectivity index (χ4n) is 2.65. The van der Waals surface area contributed by atoms with E-state index in [4.69, 9.17) is 9.47 Å². The molecular weight excluding hydrogens is 386 g/mol. The highest BCUT2D eigenvalue weighted by Crippen LogP contribution is 2.15. The number of nitrogens with zero attached hydrogens (tertiary/aromatic N) is 1. The number of carbonyl (C=O) groups excluding carboxylic acids is 3. The third kappa shape index (κ3) is 11.6. The zero-order valence-corrected chi connectivity index (χ0v) is 18.9. The number of aliphatic hydroxyl groups excluding tert-OH is 1. The molecule has 0 fully saturated rings. The zero-order valence-electron chi connectivity index (χ0n) is 18.9. The first-order valence-corrected chi connectivity index (χ1v) is 10.2. The van der Waals surface area contributed by atoms with Crippen molar-refractivity contribution in [3.63, 3.8) is 0 Å². The van der Waals surface area contributed by atoms with Crippen molar-refractivity contribution in [3.05, 3.63) is 35.9 Å². The lowest BCUT2D eigenvalue weighted by atomic mass is 10.1. The number of rotatable bonds is 9. The number of hydrogen-bond acceptors (Lipinski definition) is 6. The quantitative estimate of drug-likeness (QED) is 0.481. The van der Waals surface area contributed by atoms with E-state index in [0.717, 1.165) is 5.56 Å². The Morgan fingerprint density at radius 3 is 2.07 bits per heavy atom. The summed E-state index contributed by atoms with van der Waals surface area (Å²) < 4.78 is 10.6. The number of Topliss-reactive ketones (excluding diaryl/α,β-unsaturated/α-hetero) is 1. The highest BCUT2D eigenvalue weighted by Gasteiger charge is 2.24. The minimum Gasteiger partial charge on any atom is -0.460 e. The fraction of sp³-hybridized carbons (Fsp3) is 0.609. The van der Waals surface area contributed by atoms with Gasteiger partial charge in [-0.25, -0.2) is 4.79 Å². The predicted molar refractivity (Wildman–Crippen MR) is 114 cm³/mol. The van der Waals surface area contributed by atoms with Crippen molar-refractivity contribution < 1.29 is 29.0 Å². The molecule has 0 spiro atoms. The molecule has 7 nitrogen and oxygen atoms in total. The monoisotopic (exact) mass is 421 g/mol. The van der Waals surface area contributed by atoms with Gasteiger partial charge in [0.2, 0.25) is 0 Å². The molecular formula is C23H35NO6. The van der Waals surface area contributed by atoms with Crippen LogP contribution >= 0.6 is 0 Å². The van der Waals surface area contributed by atoms with Gasteiger partial charge in [0.25, 0.3) is 0 Å². The van der Waals surface area contributed by atoms with Crippen LogP contribution in [0.15, 0.2) is 30.3 Å². The molecule has 0 aliphatic heterocycles. The number of amides is 1. The maximum absolute atomic E-state index is 12.6. The lowest BCUT2D eigenvalue weighted by Crippen LogP contribution is -2.38. The lowest BCUT2D eigenvalue weighted by Gasteiger charge is -2.28. The van der Waals surface area contributed by atoms with Crippen molar-refractivity contribution in [2.24, 2.45) is 0 Å². The maximum atomic E-state index is 12.6. The molecule has 1 atom stereocenters. The van der Waals surface area contributed by atoms with Crippen LogP contribution in [0.1, 0.15) is 66.4 Å². The van der Waals surface area contributed by atoms with Crippen molar-refractivity contribution in [1.82, 2.24) is 4.90 Å². The van der Waals surface area contributed by atoms with Crippen LogP contribution in [0.5, 0.6) is 0 Å². The molecule has 1 rings (SSSR count). The van der Waals surface area contributed by atoms with Crippen LogP contribution in [0.25, 0.3) is 0 Å². The summed E-state index contributed by atoms with van der Waals surface area (Å²) in [4.78, 5) is 37.9. The Morgan fingerprint density at radius 2 is 1.53 bits per heavy atom. The smallest absolute Gasteiger partial charge is 0.410 e. The third-order valence-corrected chi connectivity index (χ3v) is 3.83. The van der Waals surface area contributed by atoms with Gasteiger partial charge in [0.15, 0.2) is 0 Å². The van der Waals surface area contributed by atoms with Crippen LogP contribution < -0.4 is 0 Å². The third-order valence-electron chi connectivity index (χ3n) is 3.83. The van der Waals surface area contributed by atoms with E-state index in [-0.39, 0.29) is 25.8 Å². The number of ether oxygens (including phenoxy) is 2. The summed E-state index contributed by atoms with van der Waals surface area (Å²) in [5.74, 6) is -1.01. The van der Waals surface area contributed by atoms with Gasteiger partial charge in [0.1, 0.15) is 23.4 Å². The lowest BCUT2D eigenvalue weighted by molar-refractivity contribution is -0.156. The first kappa shape index (κ1) is 25.6. The van der Waals surface area contributed by atoms with Gasteiger partial charge in [0, 0.05) is 19.5 Å². The molecule has 0 bridgehead atoms.